The molecular formula is C16H35O6P. The Morgan fingerprint density at radius 2 is 1.35 bits per heavy atom. The van der Waals surface area contributed by atoms with E-state index in [9.17, 15) is 9.90 Å². The van der Waals surface area contributed by atoms with Gasteiger partial charge in [-0.05, 0) is 13.8 Å². The van der Waals surface area contributed by atoms with Gasteiger partial charge < -0.3 is 28.8 Å². The van der Waals surface area contributed by atoms with E-state index in [0.717, 1.165) is 13.2 Å². The Labute approximate surface area is 142 Å². The number of rotatable bonds is 14. The third-order valence-electron chi connectivity index (χ3n) is 3.62. The van der Waals surface area contributed by atoms with Crippen molar-refractivity contribution in [2.75, 3.05) is 79.0 Å². The minimum Gasteiger partial charge on any atom is -0.550 e. The Morgan fingerprint density at radius 1 is 0.870 bits per heavy atom. The molecule has 0 amide bonds. The molecule has 0 saturated carbocycles. The van der Waals surface area contributed by atoms with Crippen LogP contribution < -0.4 is 5.11 Å². The Hall–Kier alpha value is -0.260. The smallest absolute Gasteiger partial charge is 0.0825 e. The maximum Gasteiger partial charge on any atom is 0.0825 e. The normalized spacial score (nSPS) is 11.0. The number of methoxy groups -OCH3 is 2. The van der Waals surface area contributed by atoms with Crippen LogP contribution in [0.5, 0.6) is 0 Å². The van der Waals surface area contributed by atoms with Crippen LogP contribution >= 0.6 is 7.26 Å². The molecule has 0 N–H and O–H groups in total. The number of aliphatic carboxylic acids is 1. The zero-order valence-corrected chi connectivity index (χ0v) is 16.4. The highest BCUT2D eigenvalue weighted by Gasteiger charge is 2.25. The highest BCUT2D eigenvalue weighted by molar-refractivity contribution is 7.75. The van der Waals surface area contributed by atoms with Crippen molar-refractivity contribution >= 4 is 13.2 Å². The Bertz CT molecular complexity index is 259. The molecule has 0 aromatic rings. The van der Waals surface area contributed by atoms with Gasteiger partial charge in [0.2, 0.25) is 0 Å². The second-order valence-electron chi connectivity index (χ2n) is 5.31. The fourth-order valence-electron chi connectivity index (χ4n) is 1.47. The molecule has 0 fully saturated rings. The summed E-state index contributed by atoms with van der Waals surface area (Å²) < 4.78 is 19.9. The number of carbonyl (C=O) groups excluding carboxylic acids is 1. The van der Waals surface area contributed by atoms with Gasteiger partial charge in [-0.2, -0.15) is 0 Å². The lowest BCUT2D eigenvalue weighted by Crippen LogP contribution is -2.23. The third-order valence-corrected chi connectivity index (χ3v) is 7.93. The van der Waals surface area contributed by atoms with Crippen molar-refractivity contribution in [3.05, 3.63) is 0 Å². The minimum atomic E-state index is -1.09. The molecule has 140 valence electrons. The summed E-state index contributed by atoms with van der Waals surface area (Å²) in [6.07, 6.45) is 3.90. The molecule has 0 bridgehead atoms. The van der Waals surface area contributed by atoms with Crippen molar-refractivity contribution in [1.82, 2.24) is 0 Å². The first kappa shape index (κ1) is 25.0. The molecule has 0 saturated heterocycles. The molecule has 0 unspecified atom stereocenters. The van der Waals surface area contributed by atoms with Gasteiger partial charge in [-0.3, -0.25) is 0 Å². The molecule has 0 heterocycles. The summed E-state index contributed by atoms with van der Waals surface area (Å²) in [6, 6.07) is 0. The number of hydrogen-bond donors (Lipinski definition) is 0. The Morgan fingerprint density at radius 3 is 1.74 bits per heavy atom. The van der Waals surface area contributed by atoms with Crippen LogP contribution in [0.15, 0.2) is 0 Å². The molecule has 0 spiro atoms. The lowest BCUT2D eigenvalue weighted by atomic mass is 10.5. The SMILES string of the molecule is CC[P+](C)(CC)CCOCCOC.COCCOCCC(=O)[O-]. The lowest BCUT2D eigenvalue weighted by Gasteiger charge is -2.19. The molecule has 0 aliphatic heterocycles. The topological polar surface area (TPSA) is 77.0 Å². The average molecular weight is 354 g/mol. The van der Waals surface area contributed by atoms with Crippen molar-refractivity contribution in [2.45, 2.75) is 20.3 Å². The minimum absolute atomic E-state index is 0.0519. The summed E-state index contributed by atoms with van der Waals surface area (Å²) in [4.78, 5) is 9.81. The Balaban J connectivity index is 0. The molecular weight excluding hydrogens is 319 g/mol. The standard InChI is InChI=1S/C10H24O2P.C6H12O4/c1-5-13(4,6-2)10-9-12-8-7-11-3;1-9-4-5-10-3-2-6(7)8/h5-10H2,1-4H3;2-5H2,1H3,(H,7,8)/q+1;/p-1. The molecule has 0 atom stereocenters. The van der Waals surface area contributed by atoms with Crippen LogP contribution in [0.1, 0.15) is 20.3 Å². The van der Waals surface area contributed by atoms with Crippen LogP contribution in [0.4, 0.5) is 0 Å². The van der Waals surface area contributed by atoms with Gasteiger partial charge in [-0.1, -0.05) is 0 Å². The van der Waals surface area contributed by atoms with Gasteiger partial charge in [0.1, 0.15) is 0 Å². The van der Waals surface area contributed by atoms with E-state index in [2.05, 4.69) is 25.2 Å². The van der Waals surface area contributed by atoms with Gasteiger partial charge in [0.25, 0.3) is 0 Å². The van der Waals surface area contributed by atoms with Crippen LogP contribution in [-0.2, 0) is 23.7 Å². The molecule has 0 radical (unpaired) electrons. The quantitative estimate of drug-likeness (QED) is 0.344. The molecule has 0 rings (SSSR count). The van der Waals surface area contributed by atoms with E-state index >= 15 is 0 Å². The fraction of sp³-hybridized carbons (Fsp3) is 0.938. The highest BCUT2D eigenvalue weighted by Crippen LogP contribution is 2.53. The lowest BCUT2D eigenvalue weighted by molar-refractivity contribution is -0.306. The Kier molecular flexibility index (Phi) is 19.6. The van der Waals surface area contributed by atoms with Crippen molar-refractivity contribution in [3.63, 3.8) is 0 Å². The molecule has 0 aromatic heterocycles. The zero-order chi connectivity index (χ0) is 18.0. The number of carboxylic acids is 1. The van der Waals surface area contributed by atoms with Gasteiger partial charge in [-0.25, -0.2) is 0 Å². The maximum atomic E-state index is 9.81. The van der Waals surface area contributed by atoms with Gasteiger partial charge >= 0.3 is 0 Å². The monoisotopic (exact) mass is 354 g/mol. The second-order valence-corrected chi connectivity index (χ2v) is 10.3. The summed E-state index contributed by atoms with van der Waals surface area (Å²) in [7, 11) is 2.62. The predicted molar refractivity (Wildman–Crippen MR) is 93.8 cm³/mol. The van der Waals surface area contributed by atoms with Gasteiger partial charge in [0.05, 0.1) is 58.1 Å². The summed E-state index contributed by atoms with van der Waals surface area (Å²) in [6.45, 7) is 10.5. The van der Waals surface area contributed by atoms with Crippen LogP contribution in [0.25, 0.3) is 0 Å². The van der Waals surface area contributed by atoms with Crippen LogP contribution in [0.2, 0.25) is 0 Å². The summed E-state index contributed by atoms with van der Waals surface area (Å²) in [5.41, 5.74) is 0. The van der Waals surface area contributed by atoms with Crippen molar-refractivity contribution in [1.29, 1.82) is 0 Å². The first-order valence-corrected chi connectivity index (χ1v) is 10.9. The van der Waals surface area contributed by atoms with E-state index in [1.165, 1.54) is 18.5 Å². The summed E-state index contributed by atoms with van der Waals surface area (Å²) in [5, 5.41) is 9.81. The molecule has 0 aromatic carbocycles. The van der Waals surface area contributed by atoms with Crippen LogP contribution in [0.3, 0.4) is 0 Å². The first-order valence-electron chi connectivity index (χ1n) is 8.12. The molecule has 23 heavy (non-hydrogen) atoms. The third kappa shape index (κ3) is 19.7. The molecule has 7 heteroatoms. The number of ether oxygens (including phenoxy) is 4. The van der Waals surface area contributed by atoms with Crippen molar-refractivity contribution < 1.29 is 28.8 Å². The summed E-state index contributed by atoms with van der Waals surface area (Å²) >= 11 is 0. The molecule has 0 aliphatic carbocycles. The maximum absolute atomic E-state index is 9.81. The van der Waals surface area contributed by atoms with E-state index < -0.39 is 13.2 Å². The van der Waals surface area contributed by atoms with Crippen molar-refractivity contribution in [2.24, 2.45) is 0 Å². The first-order chi connectivity index (χ1) is 11.0. The van der Waals surface area contributed by atoms with E-state index in [-0.39, 0.29) is 13.0 Å². The van der Waals surface area contributed by atoms with Gasteiger partial charge in [0.15, 0.2) is 0 Å². The summed E-state index contributed by atoms with van der Waals surface area (Å²) in [5.74, 6) is -1.09. The number of hydrogen-bond acceptors (Lipinski definition) is 6. The van der Waals surface area contributed by atoms with E-state index in [1.54, 1.807) is 14.2 Å². The predicted octanol–water partition coefficient (Wildman–Crippen LogP) is 1.13. The largest absolute Gasteiger partial charge is 0.550 e. The van der Waals surface area contributed by atoms with Gasteiger partial charge in [0, 0.05) is 40.5 Å². The fourth-order valence-corrected chi connectivity index (χ4v) is 3.12. The molecule has 0 aliphatic rings. The van der Waals surface area contributed by atoms with E-state index in [0.29, 0.717) is 19.8 Å². The van der Waals surface area contributed by atoms with Crippen molar-refractivity contribution in [3.8, 4) is 0 Å². The van der Waals surface area contributed by atoms with Gasteiger partial charge in [-0.15, -0.1) is 0 Å². The highest BCUT2D eigenvalue weighted by atomic mass is 31.2. The van der Waals surface area contributed by atoms with E-state index in [4.69, 9.17) is 14.2 Å². The second kappa shape index (κ2) is 18.1. The molecule has 6 nitrogen and oxygen atoms in total. The van der Waals surface area contributed by atoms with E-state index in [1.807, 2.05) is 0 Å². The van der Waals surface area contributed by atoms with Crippen LogP contribution in [0, 0.1) is 0 Å². The zero-order valence-electron chi connectivity index (χ0n) is 15.5. The average Bonchev–Trinajstić information content (AvgIpc) is 2.54. The number of carbonyl (C=O) groups is 1. The number of carboxylic acid groups (broad SMARTS) is 1. The van der Waals surface area contributed by atoms with Crippen LogP contribution in [-0.4, -0.2) is 85.0 Å².